The number of hydrogen-bond donors (Lipinski definition) is 0. The van der Waals surface area contributed by atoms with Crippen LogP contribution in [-0.4, -0.2) is 70.7 Å². The lowest BCUT2D eigenvalue weighted by atomic mass is 10.1. The van der Waals surface area contributed by atoms with Crippen LogP contribution in [0, 0.1) is 31.0 Å². The molecule has 1 aromatic carbocycles. The van der Waals surface area contributed by atoms with Gasteiger partial charge in [-0.1, -0.05) is 18.5 Å². The largest absolute Gasteiger partial charge is 0.353 e. The Hall–Kier alpha value is -3.11. The van der Waals surface area contributed by atoms with Crippen molar-refractivity contribution in [1.29, 1.82) is 5.26 Å². The van der Waals surface area contributed by atoms with Gasteiger partial charge in [0.1, 0.15) is 17.3 Å². The fraction of sp³-hybridized carbons (Fsp3) is 0.417. The van der Waals surface area contributed by atoms with Crippen LogP contribution in [0.25, 0.3) is 16.9 Å². The summed E-state index contributed by atoms with van der Waals surface area (Å²) in [4.78, 5) is 24.2. The number of nitriles is 1. The topological polar surface area (TPSA) is 115 Å². The van der Waals surface area contributed by atoms with Gasteiger partial charge in [-0.3, -0.25) is 9.20 Å². The maximum atomic E-state index is 14.9. The van der Waals surface area contributed by atoms with Gasteiger partial charge in [-0.05, 0) is 32.0 Å². The zero-order chi connectivity index (χ0) is 26.9. The van der Waals surface area contributed by atoms with Gasteiger partial charge in [-0.15, -0.1) is 0 Å². The zero-order valence-electron chi connectivity index (χ0n) is 20.8. The number of halogens is 2. The molecule has 1 aliphatic rings. The van der Waals surface area contributed by atoms with E-state index >= 15 is 0 Å². The maximum absolute atomic E-state index is 14.9. The summed E-state index contributed by atoms with van der Waals surface area (Å²) in [5.41, 5.74) is 1.25. The molecule has 13 heteroatoms. The van der Waals surface area contributed by atoms with Gasteiger partial charge in [0.25, 0.3) is 15.8 Å². The Bertz CT molecular complexity index is 1550. The van der Waals surface area contributed by atoms with Crippen molar-refractivity contribution in [2.45, 2.75) is 27.2 Å². The van der Waals surface area contributed by atoms with E-state index in [-0.39, 0.29) is 60.1 Å². The van der Waals surface area contributed by atoms with Crippen LogP contribution in [0.4, 0.5) is 10.2 Å². The standard InChI is InChI=1S/C24H27ClFN7O3S/c1-4-31(9-5-8-27)37(35,36)32-12-10-30(11-13-32)21-15-33-23(28-17(3)16(2)24(33)34)22(29-21)19-7-6-18(25)14-20(19)26/h6-7,14-15H,4-5,9-13H2,1-3H3. The zero-order valence-corrected chi connectivity index (χ0v) is 22.4. The molecule has 0 saturated carbocycles. The summed E-state index contributed by atoms with van der Waals surface area (Å²) in [6.45, 7) is 6.51. The summed E-state index contributed by atoms with van der Waals surface area (Å²) in [6, 6.07) is 6.19. The minimum absolute atomic E-state index is 0.111. The third-order valence-corrected chi connectivity index (χ3v) is 8.84. The van der Waals surface area contributed by atoms with Crippen molar-refractivity contribution in [3.05, 3.63) is 56.8 Å². The molecule has 0 spiro atoms. The second kappa shape index (κ2) is 10.7. The molecule has 0 N–H and O–H groups in total. The molecule has 10 nitrogen and oxygen atoms in total. The fourth-order valence-electron chi connectivity index (χ4n) is 4.26. The predicted molar refractivity (Wildman–Crippen MR) is 139 cm³/mol. The van der Waals surface area contributed by atoms with Crippen molar-refractivity contribution in [3.63, 3.8) is 0 Å². The highest BCUT2D eigenvalue weighted by Crippen LogP contribution is 2.29. The number of piperazine rings is 1. The number of hydrogen-bond acceptors (Lipinski definition) is 7. The number of benzene rings is 1. The van der Waals surface area contributed by atoms with Crippen LogP contribution in [0.3, 0.4) is 0 Å². The lowest BCUT2D eigenvalue weighted by molar-refractivity contribution is 0.330. The summed E-state index contributed by atoms with van der Waals surface area (Å²) in [5.74, 6) is -0.197. The second-order valence-electron chi connectivity index (χ2n) is 8.69. The van der Waals surface area contributed by atoms with E-state index in [0.29, 0.717) is 30.2 Å². The Kier molecular flexibility index (Phi) is 7.80. The van der Waals surface area contributed by atoms with Crippen molar-refractivity contribution in [3.8, 4) is 17.3 Å². The average molecular weight is 548 g/mol. The summed E-state index contributed by atoms with van der Waals surface area (Å²) in [5, 5.41) is 9.08. The Morgan fingerprint density at radius 3 is 2.51 bits per heavy atom. The Morgan fingerprint density at radius 1 is 1.19 bits per heavy atom. The first-order valence-corrected chi connectivity index (χ1v) is 13.6. The normalized spacial score (nSPS) is 14.9. The molecule has 3 aromatic rings. The van der Waals surface area contributed by atoms with Crippen LogP contribution in [0.15, 0.2) is 29.2 Å². The Balaban J connectivity index is 1.72. The second-order valence-corrected chi connectivity index (χ2v) is 11.1. The smallest absolute Gasteiger partial charge is 0.282 e. The van der Waals surface area contributed by atoms with E-state index in [1.165, 1.54) is 25.1 Å². The quantitative estimate of drug-likeness (QED) is 0.446. The van der Waals surface area contributed by atoms with E-state index in [4.69, 9.17) is 16.9 Å². The molecule has 4 rings (SSSR count). The molecule has 0 radical (unpaired) electrons. The van der Waals surface area contributed by atoms with Gasteiger partial charge in [0.15, 0.2) is 5.65 Å². The van der Waals surface area contributed by atoms with Crippen molar-refractivity contribution in [2.75, 3.05) is 44.2 Å². The van der Waals surface area contributed by atoms with Crippen LogP contribution < -0.4 is 10.5 Å². The summed E-state index contributed by atoms with van der Waals surface area (Å²) >= 11 is 5.95. The number of fused-ring (bicyclic) bond motifs is 1. The van der Waals surface area contributed by atoms with Crippen LogP contribution >= 0.6 is 11.6 Å². The third-order valence-electron chi connectivity index (χ3n) is 6.49. The molecule has 37 heavy (non-hydrogen) atoms. The number of rotatable bonds is 7. The molecule has 196 valence electrons. The Labute approximate surface area is 219 Å². The highest BCUT2D eigenvalue weighted by molar-refractivity contribution is 7.86. The lowest BCUT2D eigenvalue weighted by Gasteiger charge is -2.37. The molecule has 1 aliphatic heterocycles. The molecule has 0 unspecified atom stereocenters. The maximum Gasteiger partial charge on any atom is 0.282 e. The number of nitrogens with zero attached hydrogens (tertiary/aromatic N) is 7. The lowest BCUT2D eigenvalue weighted by Crippen LogP contribution is -2.53. The minimum atomic E-state index is -3.72. The molecule has 1 fully saturated rings. The van der Waals surface area contributed by atoms with Gasteiger partial charge in [0.05, 0.1) is 12.3 Å². The van der Waals surface area contributed by atoms with Crippen molar-refractivity contribution >= 4 is 33.3 Å². The average Bonchev–Trinajstić information content (AvgIpc) is 2.87. The fourth-order valence-corrected chi connectivity index (χ4v) is 6.02. The molecule has 0 amide bonds. The first kappa shape index (κ1) is 26.9. The van der Waals surface area contributed by atoms with Gasteiger partial charge in [0, 0.05) is 67.5 Å². The molecule has 3 heterocycles. The molecule has 0 bridgehead atoms. The van der Waals surface area contributed by atoms with Crippen LogP contribution in [0.2, 0.25) is 5.02 Å². The van der Waals surface area contributed by atoms with Crippen LogP contribution in [0.1, 0.15) is 24.6 Å². The highest BCUT2D eigenvalue weighted by Gasteiger charge is 2.32. The van der Waals surface area contributed by atoms with Gasteiger partial charge >= 0.3 is 0 Å². The van der Waals surface area contributed by atoms with E-state index in [2.05, 4.69) is 9.97 Å². The number of aromatic nitrogens is 3. The van der Waals surface area contributed by atoms with Gasteiger partial charge in [0.2, 0.25) is 0 Å². The monoisotopic (exact) mass is 547 g/mol. The van der Waals surface area contributed by atoms with Crippen molar-refractivity contribution in [2.24, 2.45) is 0 Å². The summed E-state index contributed by atoms with van der Waals surface area (Å²) in [6.07, 6.45) is 1.67. The van der Waals surface area contributed by atoms with Gasteiger partial charge in [-0.2, -0.15) is 22.3 Å². The molecule has 0 atom stereocenters. The van der Waals surface area contributed by atoms with E-state index in [1.807, 2.05) is 11.0 Å². The minimum Gasteiger partial charge on any atom is -0.353 e. The van der Waals surface area contributed by atoms with E-state index in [0.717, 1.165) is 0 Å². The molecular weight excluding hydrogens is 521 g/mol. The molecule has 2 aromatic heterocycles. The van der Waals surface area contributed by atoms with Crippen LogP contribution in [-0.2, 0) is 10.2 Å². The first-order valence-electron chi connectivity index (χ1n) is 11.8. The predicted octanol–water partition coefficient (Wildman–Crippen LogP) is 2.77. The number of anilines is 1. The first-order chi connectivity index (χ1) is 17.6. The number of aryl methyl sites for hydroxylation is 1. The van der Waals surface area contributed by atoms with Gasteiger partial charge < -0.3 is 4.90 Å². The molecular formula is C24H27ClFN7O3S. The SMILES string of the molecule is CCN(CCC#N)S(=O)(=O)N1CCN(c2cn3c(=O)c(C)c(C)nc3c(-c3ccc(Cl)cc3F)n2)CC1. The van der Waals surface area contributed by atoms with Crippen LogP contribution in [0.5, 0.6) is 0 Å². The summed E-state index contributed by atoms with van der Waals surface area (Å²) in [7, 11) is -3.72. The van der Waals surface area contributed by atoms with E-state index < -0.39 is 16.0 Å². The summed E-state index contributed by atoms with van der Waals surface area (Å²) < 4.78 is 45.1. The van der Waals surface area contributed by atoms with E-state index in [1.54, 1.807) is 33.0 Å². The highest BCUT2D eigenvalue weighted by atomic mass is 35.5. The van der Waals surface area contributed by atoms with Crippen molar-refractivity contribution < 1.29 is 12.8 Å². The van der Waals surface area contributed by atoms with Crippen molar-refractivity contribution in [1.82, 2.24) is 23.0 Å². The van der Waals surface area contributed by atoms with E-state index in [9.17, 15) is 17.6 Å². The molecule has 1 saturated heterocycles. The third kappa shape index (κ3) is 5.17. The van der Waals surface area contributed by atoms with Gasteiger partial charge in [-0.25, -0.2) is 14.4 Å². The molecule has 0 aliphatic carbocycles. The Morgan fingerprint density at radius 2 is 1.89 bits per heavy atom.